The zero-order valence-electron chi connectivity index (χ0n) is 10.8. The molecule has 19 heavy (non-hydrogen) atoms. The van der Waals surface area contributed by atoms with Crippen molar-refractivity contribution in [3.63, 3.8) is 0 Å². The van der Waals surface area contributed by atoms with E-state index in [9.17, 15) is 9.90 Å². The maximum Gasteiger partial charge on any atom is 0.407 e. The molecule has 0 radical (unpaired) electrons. The van der Waals surface area contributed by atoms with Crippen molar-refractivity contribution in [2.75, 3.05) is 32.9 Å². The van der Waals surface area contributed by atoms with E-state index in [1.54, 1.807) is 0 Å². The first-order valence-electron chi connectivity index (χ1n) is 6.47. The summed E-state index contributed by atoms with van der Waals surface area (Å²) < 4.78 is 10.8. The van der Waals surface area contributed by atoms with Crippen LogP contribution >= 0.6 is 0 Å². The van der Waals surface area contributed by atoms with Gasteiger partial charge in [-0.25, -0.2) is 4.79 Å². The minimum atomic E-state index is -0.912. The number of benzene rings is 1. The van der Waals surface area contributed by atoms with Crippen LogP contribution in [0.2, 0.25) is 0 Å². The molecule has 2 rings (SSSR count). The van der Waals surface area contributed by atoms with Crippen LogP contribution in [0.5, 0.6) is 0 Å². The number of ether oxygens (including phenoxy) is 2. The SMILES string of the molecule is O=C(O)N(CCc1ccccc1)C[C@H]1COCCO1. The van der Waals surface area contributed by atoms with Crippen molar-refractivity contribution in [3.8, 4) is 0 Å². The molecule has 1 atom stereocenters. The highest BCUT2D eigenvalue weighted by molar-refractivity contribution is 5.65. The molecule has 0 unspecified atom stereocenters. The van der Waals surface area contributed by atoms with E-state index in [-0.39, 0.29) is 6.10 Å². The predicted molar refractivity (Wildman–Crippen MR) is 70.3 cm³/mol. The maximum absolute atomic E-state index is 11.2. The van der Waals surface area contributed by atoms with E-state index in [2.05, 4.69) is 0 Å². The first-order valence-corrected chi connectivity index (χ1v) is 6.47. The summed E-state index contributed by atoms with van der Waals surface area (Å²) in [7, 11) is 0. The average Bonchev–Trinajstić information content (AvgIpc) is 2.45. The molecule has 0 aliphatic carbocycles. The predicted octanol–water partition coefficient (Wildman–Crippen LogP) is 1.62. The quantitative estimate of drug-likeness (QED) is 0.879. The second-order valence-corrected chi connectivity index (χ2v) is 4.53. The molecule has 1 aliphatic rings. The van der Waals surface area contributed by atoms with Crippen LogP contribution in [-0.2, 0) is 15.9 Å². The zero-order chi connectivity index (χ0) is 13.5. The first-order chi connectivity index (χ1) is 9.25. The van der Waals surface area contributed by atoms with E-state index in [1.165, 1.54) is 4.90 Å². The van der Waals surface area contributed by atoms with Gasteiger partial charge in [0.05, 0.1) is 32.5 Å². The number of carbonyl (C=O) groups is 1. The molecular weight excluding hydrogens is 246 g/mol. The van der Waals surface area contributed by atoms with Crippen LogP contribution in [0.25, 0.3) is 0 Å². The van der Waals surface area contributed by atoms with Crippen LogP contribution in [0.1, 0.15) is 5.56 Å². The average molecular weight is 265 g/mol. The second kappa shape index (κ2) is 7.11. The summed E-state index contributed by atoms with van der Waals surface area (Å²) in [5.41, 5.74) is 1.13. The van der Waals surface area contributed by atoms with Crippen LogP contribution in [0, 0.1) is 0 Å². The van der Waals surface area contributed by atoms with Gasteiger partial charge in [0.15, 0.2) is 0 Å². The Labute approximate surface area is 112 Å². The fourth-order valence-electron chi connectivity index (χ4n) is 2.06. The third-order valence-electron chi connectivity index (χ3n) is 3.09. The zero-order valence-corrected chi connectivity index (χ0v) is 10.8. The lowest BCUT2D eigenvalue weighted by Gasteiger charge is -2.28. The monoisotopic (exact) mass is 265 g/mol. The van der Waals surface area contributed by atoms with Gasteiger partial charge in [-0.2, -0.15) is 0 Å². The van der Waals surface area contributed by atoms with Gasteiger partial charge in [0, 0.05) is 6.54 Å². The summed E-state index contributed by atoms with van der Waals surface area (Å²) >= 11 is 0. The van der Waals surface area contributed by atoms with Gasteiger partial charge in [-0.1, -0.05) is 30.3 Å². The molecular formula is C14H19NO4. The van der Waals surface area contributed by atoms with Crippen LogP contribution < -0.4 is 0 Å². The van der Waals surface area contributed by atoms with Gasteiger partial charge in [0.25, 0.3) is 0 Å². The first kappa shape index (κ1) is 13.8. The fraction of sp³-hybridized carbons (Fsp3) is 0.500. The Morgan fingerprint density at radius 1 is 1.32 bits per heavy atom. The van der Waals surface area contributed by atoms with Crippen LogP contribution in [0.3, 0.4) is 0 Å². The number of hydrogen-bond donors (Lipinski definition) is 1. The van der Waals surface area contributed by atoms with E-state index in [1.807, 2.05) is 30.3 Å². The standard InChI is InChI=1S/C14H19NO4/c16-14(17)15(10-13-11-18-8-9-19-13)7-6-12-4-2-1-3-5-12/h1-5,13H,6-11H2,(H,16,17)/t13-/m0/s1. The lowest BCUT2D eigenvalue weighted by Crippen LogP contribution is -2.43. The number of rotatable bonds is 5. The van der Waals surface area contributed by atoms with Crippen molar-refractivity contribution in [1.29, 1.82) is 0 Å². The molecule has 1 aromatic carbocycles. The Hall–Kier alpha value is -1.59. The summed E-state index contributed by atoms with van der Waals surface area (Å²) in [4.78, 5) is 12.6. The van der Waals surface area contributed by atoms with E-state index in [0.29, 0.717) is 39.3 Å². The Bertz CT molecular complexity index is 390. The number of nitrogens with zero attached hydrogens (tertiary/aromatic N) is 1. The summed E-state index contributed by atoms with van der Waals surface area (Å²) in [6, 6.07) is 9.86. The summed E-state index contributed by atoms with van der Waals surface area (Å²) in [5.74, 6) is 0. The van der Waals surface area contributed by atoms with Gasteiger partial charge in [-0.05, 0) is 12.0 Å². The Morgan fingerprint density at radius 2 is 2.11 bits per heavy atom. The molecule has 5 nitrogen and oxygen atoms in total. The molecule has 1 fully saturated rings. The van der Waals surface area contributed by atoms with Gasteiger partial charge in [0.2, 0.25) is 0 Å². The van der Waals surface area contributed by atoms with Crippen molar-refractivity contribution in [1.82, 2.24) is 4.90 Å². The Balaban J connectivity index is 1.83. The number of carboxylic acid groups (broad SMARTS) is 1. The highest BCUT2D eigenvalue weighted by Gasteiger charge is 2.21. The number of hydrogen-bond acceptors (Lipinski definition) is 3. The molecule has 0 bridgehead atoms. The van der Waals surface area contributed by atoms with Gasteiger partial charge >= 0.3 is 6.09 Å². The molecule has 0 saturated carbocycles. The van der Waals surface area contributed by atoms with Gasteiger partial charge in [0.1, 0.15) is 0 Å². The van der Waals surface area contributed by atoms with Crippen molar-refractivity contribution in [2.24, 2.45) is 0 Å². The lowest BCUT2D eigenvalue weighted by atomic mass is 10.1. The molecule has 1 saturated heterocycles. The van der Waals surface area contributed by atoms with E-state index < -0.39 is 6.09 Å². The van der Waals surface area contributed by atoms with Crippen molar-refractivity contribution >= 4 is 6.09 Å². The van der Waals surface area contributed by atoms with Gasteiger partial charge < -0.3 is 19.5 Å². The third kappa shape index (κ3) is 4.54. The third-order valence-corrected chi connectivity index (χ3v) is 3.09. The number of amides is 1. The highest BCUT2D eigenvalue weighted by Crippen LogP contribution is 2.06. The molecule has 1 N–H and O–H groups in total. The second-order valence-electron chi connectivity index (χ2n) is 4.53. The molecule has 0 spiro atoms. The molecule has 104 valence electrons. The minimum absolute atomic E-state index is 0.152. The van der Waals surface area contributed by atoms with Crippen LogP contribution in [0.4, 0.5) is 4.79 Å². The van der Waals surface area contributed by atoms with Gasteiger partial charge in [-0.15, -0.1) is 0 Å². The molecule has 1 aromatic rings. The van der Waals surface area contributed by atoms with Crippen LogP contribution in [0.15, 0.2) is 30.3 Å². The lowest BCUT2D eigenvalue weighted by molar-refractivity contribution is -0.0952. The molecule has 1 heterocycles. The normalized spacial score (nSPS) is 19.1. The summed E-state index contributed by atoms with van der Waals surface area (Å²) in [6.45, 7) is 2.43. The topological polar surface area (TPSA) is 59.0 Å². The molecule has 1 aliphatic heterocycles. The molecule has 1 amide bonds. The summed E-state index contributed by atoms with van der Waals surface area (Å²) in [5, 5.41) is 9.21. The Morgan fingerprint density at radius 3 is 2.74 bits per heavy atom. The van der Waals surface area contributed by atoms with Crippen molar-refractivity contribution in [2.45, 2.75) is 12.5 Å². The molecule has 0 aromatic heterocycles. The van der Waals surface area contributed by atoms with E-state index in [0.717, 1.165) is 5.56 Å². The van der Waals surface area contributed by atoms with Crippen molar-refractivity contribution < 1.29 is 19.4 Å². The van der Waals surface area contributed by atoms with Gasteiger partial charge in [-0.3, -0.25) is 0 Å². The highest BCUT2D eigenvalue weighted by atomic mass is 16.6. The molecule has 5 heteroatoms. The smallest absolute Gasteiger partial charge is 0.407 e. The van der Waals surface area contributed by atoms with E-state index >= 15 is 0 Å². The van der Waals surface area contributed by atoms with Crippen LogP contribution in [-0.4, -0.2) is 55.1 Å². The minimum Gasteiger partial charge on any atom is -0.465 e. The summed E-state index contributed by atoms with van der Waals surface area (Å²) in [6.07, 6.45) is -0.355. The Kier molecular flexibility index (Phi) is 5.18. The largest absolute Gasteiger partial charge is 0.465 e. The van der Waals surface area contributed by atoms with Crippen molar-refractivity contribution in [3.05, 3.63) is 35.9 Å². The fourth-order valence-corrected chi connectivity index (χ4v) is 2.06. The maximum atomic E-state index is 11.2. The van der Waals surface area contributed by atoms with E-state index in [4.69, 9.17) is 9.47 Å².